The Bertz CT molecular complexity index is 905. The summed E-state index contributed by atoms with van der Waals surface area (Å²) in [5, 5.41) is 12.6. The number of ether oxygens (including phenoxy) is 1. The van der Waals surface area contributed by atoms with Gasteiger partial charge in [-0.05, 0) is 43.4 Å². The minimum atomic E-state index is -0.607. The standard InChI is InChI=1S/C19H17FN2O3S2/c20-14-6-2-4-8-16(14)26-11-18(24)25-10-17(23)22-19-13(9-21)12-5-1-3-7-15(12)27-19/h2,4,6,8H,1,3,5,7,10-11H2,(H,22,23). The first-order chi connectivity index (χ1) is 13.1. The van der Waals surface area contributed by atoms with Crippen molar-refractivity contribution in [3.8, 4) is 6.07 Å². The molecule has 1 N–H and O–H groups in total. The van der Waals surface area contributed by atoms with E-state index in [2.05, 4.69) is 11.4 Å². The molecule has 0 saturated carbocycles. The van der Waals surface area contributed by atoms with Crippen LogP contribution in [0.25, 0.3) is 0 Å². The van der Waals surface area contributed by atoms with Crippen LogP contribution in [0.4, 0.5) is 9.39 Å². The van der Waals surface area contributed by atoms with Crippen molar-refractivity contribution in [1.82, 2.24) is 0 Å². The van der Waals surface area contributed by atoms with Crippen LogP contribution in [0.3, 0.4) is 0 Å². The minimum Gasteiger partial charge on any atom is -0.455 e. The zero-order valence-electron chi connectivity index (χ0n) is 14.4. The van der Waals surface area contributed by atoms with Gasteiger partial charge < -0.3 is 10.1 Å². The molecule has 0 bridgehead atoms. The van der Waals surface area contributed by atoms with Gasteiger partial charge in [0.1, 0.15) is 16.9 Å². The van der Waals surface area contributed by atoms with E-state index in [4.69, 9.17) is 4.74 Å². The third-order valence-corrected chi connectivity index (χ3v) is 6.31. The number of thioether (sulfide) groups is 1. The molecule has 0 unspecified atom stereocenters. The molecule has 140 valence electrons. The van der Waals surface area contributed by atoms with Gasteiger partial charge in [0.05, 0.1) is 11.3 Å². The number of halogens is 1. The quantitative estimate of drug-likeness (QED) is 0.583. The largest absolute Gasteiger partial charge is 0.455 e. The van der Waals surface area contributed by atoms with Gasteiger partial charge in [0.25, 0.3) is 5.91 Å². The lowest BCUT2D eigenvalue weighted by Crippen LogP contribution is -2.21. The van der Waals surface area contributed by atoms with Gasteiger partial charge in [-0.2, -0.15) is 5.26 Å². The Morgan fingerprint density at radius 2 is 2.07 bits per heavy atom. The minimum absolute atomic E-state index is 0.0923. The number of nitrogens with one attached hydrogen (secondary N) is 1. The monoisotopic (exact) mass is 404 g/mol. The van der Waals surface area contributed by atoms with E-state index >= 15 is 0 Å². The number of carbonyl (C=O) groups is 2. The maximum Gasteiger partial charge on any atom is 0.316 e. The molecule has 0 fully saturated rings. The van der Waals surface area contributed by atoms with E-state index in [0.717, 1.165) is 47.9 Å². The second kappa shape index (κ2) is 9.02. The number of anilines is 1. The first-order valence-electron chi connectivity index (χ1n) is 8.46. The van der Waals surface area contributed by atoms with Crippen LogP contribution in [0.1, 0.15) is 28.8 Å². The summed E-state index contributed by atoms with van der Waals surface area (Å²) < 4.78 is 18.4. The predicted octanol–water partition coefficient (Wildman–Crippen LogP) is 3.91. The van der Waals surface area contributed by atoms with E-state index in [1.165, 1.54) is 17.4 Å². The van der Waals surface area contributed by atoms with E-state index in [0.29, 0.717) is 15.5 Å². The Hall–Kier alpha value is -2.37. The molecular weight excluding hydrogens is 387 g/mol. The highest BCUT2D eigenvalue weighted by Gasteiger charge is 2.22. The van der Waals surface area contributed by atoms with Crippen molar-refractivity contribution >= 4 is 40.0 Å². The molecule has 1 aliphatic rings. The summed E-state index contributed by atoms with van der Waals surface area (Å²) in [5.74, 6) is -1.59. The fraction of sp³-hybridized carbons (Fsp3) is 0.316. The average molecular weight is 404 g/mol. The van der Waals surface area contributed by atoms with Crippen LogP contribution in [0.15, 0.2) is 29.2 Å². The van der Waals surface area contributed by atoms with E-state index in [1.54, 1.807) is 18.2 Å². The molecular formula is C19H17FN2O3S2. The summed E-state index contributed by atoms with van der Waals surface area (Å²) >= 11 is 2.43. The lowest BCUT2D eigenvalue weighted by atomic mass is 9.96. The molecule has 1 heterocycles. The molecule has 2 aromatic rings. The molecule has 1 aromatic carbocycles. The lowest BCUT2D eigenvalue weighted by Gasteiger charge is -2.09. The average Bonchev–Trinajstić information content (AvgIpc) is 3.02. The highest BCUT2D eigenvalue weighted by molar-refractivity contribution is 8.00. The molecule has 8 heteroatoms. The molecule has 0 radical (unpaired) electrons. The number of hydrogen-bond acceptors (Lipinski definition) is 6. The molecule has 3 rings (SSSR count). The second-order valence-corrected chi connectivity index (χ2v) is 8.08. The van der Waals surface area contributed by atoms with Crippen molar-refractivity contribution < 1.29 is 18.7 Å². The summed E-state index contributed by atoms with van der Waals surface area (Å²) in [5.41, 5.74) is 1.55. The van der Waals surface area contributed by atoms with Crippen molar-refractivity contribution in [1.29, 1.82) is 5.26 Å². The highest BCUT2D eigenvalue weighted by Crippen LogP contribution is 2.37. The smallest absolute Gasteiger partial charge is 0.316 e. The Morgan fingerprint density at radius 1 is 1.30 bits per heavy atom. The van der Waals surface area contributed by atoms with Gasteiger partial charge in [0, 0.05) is 9.77 Å². The van der Waals surface area contributed by atoms with Gasteiger partial charge in [-0.1, -0.05) is 12.1 Å². The third-order valence-electron chi connectivity index (χ3n) is 4.08. The molecule has 1 amide bonds. The van der Waals surface area contributed by atoms with Crippen molar-refractivity contribution in [3.05, 3.63) is 46.1 Å². The number of nitriles is 1. The fourth-order valence-electron chi connectivity index (χ4n) is 2.82. The predicted molar refractivity (Wildman–Crippen MR) is 102 cm³/mol. The van der Waals surface area contributed by atoms with Gasteiger partial charge in [-0.3, -0.25) is 9.59 Å². The molecule has 0 atom stereocenters. The van der Waals surface area contributed by atoms with Crippen LogP contribution in [0.5, 0.6) is 0 Å². The number of nitrogens with zero attached hydrogens (tertiary/aromatic N) is 1. The van der Waals surface area contributed by atoms with Crippen molar-refractivity contribution in [2.45, 2.75) is 30.6 Å². The Morgan fingerprint density at radius 3 is 2.85 bits per heavy atom. The number of rotatable bonds is 6. The normalized spacial score (nSPS) is 12.7. The number of carbonyl (C=O) groups excluding carboxylic acids is 2. The maximum absolute atomic E-state index is 13.5. The third kappa shape index (κ3) is 4.87. The molecule has 0 spiro atoms. The van der Waals surface area contributed by atoms with Crippen LogP contribution < -0.4 is 5.32 Å². The highest BCUT2D eigenvalue weighted by atomic mass is 32.2. The van der Waals surface area contributed by atoms with Crippen molar-refractivity contribution in [3.63, 3.8) is 0 Å². The zero-order chi connectivity index (χ0) is 19.2. The van der Waals surface area contributed by atoms with Gasteiger partial charge in [0.15, 0.2) is 6.61 Å². The molecule has 27 heavy (non-hydrogen) atoms. The second-order valence-electron chi connectivity index (χ2n) is 5.95. The van der Waals surface area contributed by atoms with Gasteiger partial charge in [-0.15, -0.1) is 23.1 Å². The maximum atomic E-state index is 13.5. The van der Waals surface area contributed by atoms with Crippen LogP contribution >= 0.6 is 23.1 Å². The van der Waals surface area contributed by atoms with Crippen LogP contribution in [0, 0.1) is 17.1 Å². The van der Waals surface area contributed by atoms with Gasteiger partial charge in [-0.25, -0.2) is 4.39 Å². The summed E-state index contributed by atoms with van der Waals surface area (Å²) in [4.78, 5) is 25.3. The topological polar surface area (TPSA) is 79.2 Å². The van der Waals surface area contributed by atoms with Gasteiger partial charge >= 0.3 is 5.97 Å². The summed E-state index contributed by atoms with van der Waals surface area (Å²) in [6.45, 7) is -0.440. The number of hydrogen-bond donors (Lipinski definition) is 1. The number of thiophene rings is 1. The fourth-order valence-corrected chi connectivity index (χ4v) is 4.81. The van der Waals surface area contributed by atoms with Crippen LogP contribution in [-0.2, 0) is 27.2 Å². The summed E-state index contributed by atoms with van der Waals surface area (Å²) in [7, 11) is 0. The zero-order valence-corrected chi connectivity index (χ0v) is 16.1. The summed E-state index contributed by atoms with van der Waals surface area (Å²) in [6.07, 6.45) is 3.91. The van der Waals surface area contributed by atoms with E-state index in [1.807, 2.05) is 0 Å². The SMILES string of the molecule is N#Cc1c(NC(=O)COC(=O)CSc2ccccc2F)sc2c1CCCC2. The van der Waals surface area contributed by atoms with E-state index < -0.39 is 24.3 Å². The van der Waals surface area contributed by atoms with Crippen LogP contribution in [0.2, 0.25) is 0 Å². The number of benzene rings is 1. The molecule has 1 aliphatic carbocycles. The molecule has 0 aliphatic heterocycles. The Kier molecular flexibility index (Phi) is 6.48. The first kappa shape index (κ1) is 19.4. The van der Waals surface area contributed by atoms with Crippen molar-refractivity contribution in [2.24, 2.45) is 0 Å². The van der Waals surface area contributed by atoms with Crippen LogP contribution in [-0.4, -0.2) is 24.2 Å². The van der Waals surface area contributed by atoms with E-state index in [-0.39, 0.29) is 5.75 Å². The van der Waals surface area contributed by atoms with Crippen molar-refractivity contribution in [2.75, 3.05) is 17.7 Å². The molecule has 1 aromatic heterocycles. The Balaban J connectivity index is 1.50. The first-order valence-corrected chi connectivity index (χ1v) is 10.3. The Labute approximate surface area is 164 Å². The number of amides is 1. The number of aryl methyl sites for hydroxylation is 1. The lowest BCUT2D eigenvalue weighted by molar-refractivity contribution is -0.144. The van der Waals surface area contributed by atoms with Gasteiger partial charge in [0.2, 0.25) is 0 Å². The molecule has 5 nitrogen and oxygen atoms in total. The number of esters is 1. The summed E-state index contributed by atoms with van der Waals surface area (Å²) in [6, 6.07) is 8.30. The molecule has 0 saturated heterocycles. The van der Waals surface area contributed by atoms with E-state index in [9.17, 15) is 19.2 Å². The number of fused-ring (bicyclic) bond motifs is 1.